The minimum absolute atomic E-state index is 0.118. The lowest BCUT2D eigenvalue weighted by atomic mass is 10.1. The molecule has 0 fully saturated rings. The Morgan fingerprint density at radius 1 is 1.16 bits per heavy atom. The fraction of sp³-hybridized carbons (Fsp3) is 0.188. The molecule has 1 atom stereocenters. The number of aromatic nitrogens is 1. The molecule has 3 aromatic rings. The SMILES string of the molecule is Cc1cccc(C(Cl)Cc2nc3ccccc3o2)c1. The van der Waals surface area contributed by atoms with Gasteiger partial charge in [0.1, 0.15) is 5.52 Å². The maximum absolute atomic E-state index is 6.44. The van der Waals surface area contributed by atoms with Gasteiger partial charge in [-0.1, -0.05) is 42.0 Å². The number of oxazole rings is 1. The van der Waals surface area contributed by atoms with Crippen LogP contribution < -0.4 is 0 Å². The molecular weight excluding hydrogens is 258 g/mol. The predicted molar refractivity (Wildman–Crippen MR) is 77.5 cm³/mol. The van der Waals surface area contributed by atoms with E-state index in [0.717, 1.165) is 16.7 Å². The number of fused-ring (bicyclic) bond motifs is 1. The van der Waals surface area contributed by atoms with E-state index in [1.54, 1.807) is 0 Å². The van der Waals surface area contributed by atoms with Crippen molar-refractivity contribution in [3.05, 3.63) is 65.5 Å². The maximum Gasteiger partial charge on any atom is 0.197 e. The van der Waals surface area contributed by atoms with E-state index in [9.17, 15) is 0 Å². The second kappa shape index (κ2) is 5.06. The highest BCUT2D eigenvalue weighted by molar-refractivity contribution is 6.20. The van der Waals surface area contributed by atoms with Crippen LogP contribution in [0.4, 0.5) is 0 Å². The maximum atomic E-state index is 6.44. The van der Waals surface area contributed by atoms with Gasteiger partial charge < -0.3 is 4.42 Å². The summed E-state index contributed by atoms with van der Waals surface area (Å²) in [5.74, 6) is 0.683. The van der Waals surface area contributed by atoms with E-state index in [2.05, 4.69) is 24.0 Å². The van der Waals surface area contributed by atoms with Crippen LogP contribution in [-0.2, 0) is 6.42 Å². The molecule has 1 unspecified atom stereocenters. The molecule has 1 heterocycles. The van der Waals surface area contributed by atoms with Crippen LogP contribution in [0.2, 0.25) is 0 Å². The summed E-state index contributed by atoms with van der Waals surface area (Å²) in [6, 6.07) is 16.0. The second-order valence-corrected chi connectivity index (χ2v) is 5.19. The molecule has 1 aromatic heterocycles. The van der Waals surface area contributed by atoms with E-state index in [4.69, 9.17) is 16.0 Å². The number of nitrogens with zero attached hydrogens (tertiary/aromatic N) is 1. The van der Waals surface area contributed by atoms with Gasteiger partial charge in [0.15, 0.2) is 11.5 Å². The summed E-state index contributed by atoms with van der Waals surface area (Å²) in [6.45, 7) is 2.06. The average molecular weight is 272 g/mol. The van der Waals surface area contributed by atoms with Gasteiger partial charge in [-0.2, -0.15) is 0 Å². The van der Waals surface area contributed by atoms with Crippen LogP contribution in [0, 0.1) is 6.92 Å². The number of hydrogen-bond acceptors (Lipinski definition) is 2. The molecule has 2 nitrogen and oxygen atoms in total. The molecule has 0 spiro atoms. The quantitative estimate of drug-likeness (QED) is 0.648. The summed E-state index contributed by atoms with van der Waals surface area (Å²) in [5.41, 5.74) is 4.00. The summed E-state index contributed by atoms with van der Waals surface area (Å²) in [4.78, 5) is 4.45. The fourth-order valence-electron chi connectivity index (χ4n) is 2.14. The highest BCUT2D eigenvalue weighted by Gasteiger charge is 2.13. The number of hydrogen-bond donors (Lipinski definition) is 0. The van der Waals surface area contributed by atoms with Gasteiger partial charge in [0.25, 0.3) is 0 Å². The lowest BCUT2D eigenvalue weighted by Gasteiger charge is -2.07. The predicted octanol–water partition coefficient (Wildman–Crippen LogP) is 4.66. The third-order valence-electron chi connectivity index (χ3n) is 3.10. The average Bonchev–Trinajstić information content (AvgIpc) is 2.80. The van der Waals surface area contributed by atoms with E-state index in [1.165, 1.54) is 5.56 Å². The number of para-hydroxylation sites is 2. The first-order chi connectivity index (χ1) is 9.22. The largest absolute Gasteiger partial charge is 0.441 e. The van der Waals surface area contributed by atoms with Crippen molar-refractivity contribution in [2.24, 2.45) is 0 Å². The van der Waals surface area contributed by atoms with Crippen molar-refractivity contribution in [1.82, 2.24) is 4.98 Å². The van der Waals surface area contributed by atoms with Crippen LogP contribution >= 0.6 is 11.6 Å². The van der Waals surface area contributed by atoms with E-state index >= 15 is 0 Å². The van der Waals surface area contributed by atoms with Crippen molar-refractivity contribution < 1.29 is 4.42 Å². The monoisotopic (exact) mass is 271 g/mol. The zero-order valence-electron chi connectivity index (χ0n) is 10.6. The highest BCUT2D eigenvalue weighted by atomic mass is 35.5. The van der Waals surface area contributed by atoms with Crippen molar-refractivity contribution >= 4 is 22.7 Å². The van der Waals surface area contributed by atoms with Gasteiger partial charge in [-0.25, -0.2) is 4.98 Å². The molecule has 0 aliphatic carbocycles. The minimum atomic E-state index is -0.118. The zero-order valence-corrected chi connectivity index (χ0v) is 11.4. The van der Waals surface area contributed by atoms with Crippen molar-refractivity contribution in [3.63, 3.8) is 0 Å². The Bertz CT molecular complexity index is 672. The van der Waals surface area contributed by atoms with E-state index in [1.807, 2.05) is 36.4 Å². The molecule has 3 rings (SSSR count). The Balaban J connectivity index is 1.84. The lowest BCUT2D eigenvalue weighted by Crippen LogP contribution is -1.96. The number of alkyl halides is 1. The number of benzene rings is 2. The van der Waals surface area contributed by atoms with Crippen LogP contribution in [0.25, 0.3) is 11.1 Å². The first-order valence-corrected chi connectivity index (χ1v) is 6.71. The Kier molecular flexibility index (Phi) is 3.26. The highest BCUT2D eigenvalue weighted by Crippen LogP contribution is 2.26. The Hall–Kier alpha value is -1.80. The minimum Gasteiger partial charge on any atom is -0.441 e. The molecule has 0 saturated heterocycles. The molecule has 0 amide bonds. The summed E-state index contributed by atoms with van der Waals surface area (Å²) in [7, 11) is 0. The van der Waals surface area contributed by atoms with Gasteiger partial charge in [-0.05, 0) is 24.6 Å². The van der Waals surface area contributed by atoms with Gasteiger partial charge in [0.05, 0.1) is 5.38 Å². The molecule has 0 bridgehead atoms. The fourth-order valence-corrected chi connectivity index (χ4v) is 2.41. The Morgan fingerprint density at radius 2 is 2.00 bits per heavy atom. The van der Waals surface area contributed by atoms with Crippen LogP contribution in [-0.4, -0.2) is 4.98 Å². The molecule has 0 aliphatic rings. The van der Waals surface area contributed by atoms with Gasteiger partial charge in [-0.15, -0.1) is 11.6 Å². The van der Waals surface area contributed by atoms with Crippen LogP contribution in [0.1, 0.15) is 22.4 Å². The second-order valence-electron chi connectivity index (χ2n) is 4.66. The normalized spacial score (nSPS) is 12.7. The van der Waals surface area contributed by atoms with Crippen molar-refractivity contribution in [2.45, 2.75) is 18.7 Å². The first-order valence-electron chi connectivity index (χ1n) is 6.27. The lowest BCUT2D eigenvalue weighted by molar-refractivity contribution is 0.525. The van der Waals surface area contributed by atoms with Crippen LogP contribution in [0.5, 0.6) is 0 Å². The molecule has 0 aliphatic heterocycles. The first kappa shape index (κ1) is 12.2. The summed E-state index contributed by atoms with van der Waals surface area (Å²) >= 11 is 6.44. The Labute approximate surface area is 117 Å². The molecule has 19 heavy (non-hydrogen) atoms. The third-order valence-corrected chi connectivity index (χ3v) is 3.50. The molecule has 2 aromatic carbocycles. The topological polar surface area (TPSA) is 26.0 Å². The number of rotatable bonds is 3. The van der Waals surface area contributed by atoms with Gasteiger partial charge in [0.2, 0.25) is 0 Å². The van der Waals surface area contributed by atoms with Crippen molar-refractivity contribution in [3.8, 4) is 0 Å². The van der Waals surface area contributed by atoms with Gasteiger partial charge >= 0.3 is 0 Å². The molecule has 3 heteroatoms. The van der Waals surface area contributed by atoms with Crippen LogP contribution in [0.15, 0.2) is 52.9 Å². The smallest absolute Gasteiger partial charge is 0.197 e. The number of aryl methyl sites for hydroxylation is 1. The van der Waals surface area contributed by atoms with E-state index in [0.29, 0.717) is 12.3 Å². The van der Waals surface area contributed by atoms with Crippen molar-refractivity contribution in [1.29, 1.82) is 0 Å². The third kappa shape index (κ3) is 2.64. The van der Waals surface area contributed by atoms with E-state index in [-0.39, 0.29) is 5.38 Å². The van der Waals surface area contributed by atoms with Crippen molar-refractivity contribution in [2.75, 3.05) is 0 Å². The zero-order chi connectivity index (χ0) is 13.2. The Morgan fingerprint density at radius 3 is 2.79 bits per heavy atom. The molecule has 0 N–H and O–H groups in total. The summed E-state index contributed by atoms with van der Waals surface area (Å²) < 4.78 is 5.69. The molecule has 0 radical (unpaired) electrons. The molecule has 96 valence electrons. The summed E-state index contributed by atoms with van der Waals surface area (Å²) in [5, 5.41) is -0.118. The van der Waals surface area contributed by atoms with Gasteiger partial charge in [0, 0.05) is 6.42 Å². The van der Waals surface area contributed by atoms with Gasteiger partial charge in [-0.3, -0.25) is 0 Å². The summed E-state index contributed by atoms with van der Waals surface area (Å²) in [6.07, 6.45) is 0.597. The molecular formula is C16H14ClNO. The number of halogens is 1. The molecule has 0 saturated carbocycles. The standard InChI is InChI=1S/C16H14ClNO/c1-11-5-4-6-12(9-11)13(17)10-16-18-14-7-2-3-8-15(14)19-16/h2-9,13H,10H2,1H3. The van der Waals surface area contributed by atoms with Crippen LogP contribution in [0.3, 0.4) is 0 Å². The van der Waals surface area contributed by atoms with E-state index < -0.39 is 0 Å².